The maximum Gasteiger partial charge on any atom is 0.0474 e. The molecule has 0 spiro atoms. The van der Waals surface area contributed by atoms with Crippen LogP contribution in [0.25, 0.3) is 0 Å². The first-order valence-electron chi connectivity index (χ1n) is 5.69. The van der Waals surface area contributed by atoms with Crippen molar-refractivity contribution in [2.24, 2.45) is 11.8 Å². The van der Waals surface area contributed by atoms with Crippen LogP contribution in [0.4, 0.5) is 0 Å². The van der Waals surface area contributed by atoms with Crippen LogP contribution in [0.2, 0.25) is 0 Å². The molecule has 1 heterocycles. The zero-order valence-corrected chi connectivity index (χ0v) is 9.33. The third-order valence-corrected chi connectivity index (χ3v) is 3.37. The average Bonchev–Trinajstić information content (AvgIpc) is 2.27. The fourth-order valence-electron chi connectivity index (χ4n) is 2.43. The van der Waals surface area contributed by atoms with Crippen molar-refractivity contribution in [3.8, 4) is 0 Å². The molecule has 1 fully saturated rings. The minimum absolute atomic E-state index is 0.291. The molecule has 0 aromatic carbocycles. The van der Waals surface area contributed by atoms with E-state index in [0.717, 1.165) is 32.5 Å². The summed E-state index contributed by atoms with van der Waals surface area (Å²) in [5, 5.41) is 12.6. The summed E-state index contributed by atoms with van der Waals surface area (Å²) in [6.07, 6.45) is 3.30. The number of aliphatic hydroxyl groups is 1. The van der Waals surface area contributed by atoms with Gasteiger partial charge in [0.25, 0.3) is 0 Å². The van der Waals surface area contributed by atoms with Crippen molar-refractivity contribution in [2.45, 2.75) is 32.2 Å². The van der Waals surface area contributed by atoms with E-state index in [2.05, 4.69) is 12.2 Å². The van der Waals surface area contributed by atoms with Crippen molar-refractivity contribution in [3.63, 3.8) is 0 Å². The van der Waals surface area contributed by atoms with E-state index in [0.29, 0.717) is 24.5 Å². The average molecular weight is 201 g/mol. The van der Waals surface area contributed by atoms with E-state index in [1.807, 2.05) is 7.05 Å². The lowest BCUT2D eigenvalue weighted by Crippen LogP contribution is -2.43. The highest BCUT2D eigenvalue weighted by molar-refractivity contribution is 4.82. The quantitative estimate of drug-likeness (QED) is 0.698. The minimum atomic E-state index is 0.291. The van der Waals surface area contributed by atoms with Crippen molar-refractivity contribution < 1.29 is 9.84 Å². The zero-order valence-electron chi connectivity index (χ0n) is 9.33. The standard InChI is InChI=1S/C11H23NO2/c1-3-9(8-13)11(12-2)10-4-6-14-7-5-10/h9-13H,3-8H2,1-2H3. The first kappa shape index (κ1) is 12.0. The largest absolute Gasteiger partial charge is 0.396 e. The van der Waals surface area contributed by atoms with Crippen LogP contribution in [0, 0.1) is 11.8 Å². The topological polar surface area (TPSA) is 41.5 Å². The summed E-state index contributed by atoms with van der Waals surface area (Å²) < 4.78 is 5.35. The van der Waals surface area contributed by atoms with Gasteiger partial charge in [0.05, 0.1) is 0 Å². The van der Waals surface area contributed by atoms with Crippen LogP contribution >= 0.6 is 0 Å². The Kier molecular flexibility index (Phi) is 5.45. The highest BCUT2D eigenvalue weighted by Gasteiger charge is 2.28. The summed E-state index contributed by atoms with van der Waals surface area (Å²) in [5.41, 5.74) is 0. The molecule has 3 nitrogen and oxygen atoms in total. The van der Waals surface area contributed by atoms with Gasteiger partial charge in [-0.3, -0.25) is 0 Å². The van der Waals surface area contributed by atoms with Gasteiger partial charge in [-0.25, -0.2) is 0 Å². The molecule has 0 bridgehead atoms. The van der Waals surface area contributed by atoms with E-state index >= 15 is 0 Å². The Morgan fingerprint density at radius 1 is 1.43 bits per heavy atom. The lowest BCUT2D eigenvalue weighted by atomic mass is 9.82. The Bertz CT molecular complexity index is 142. The third-order valence-electron chi connectivity index (χ3n) is 3.37. The molecule has 2 atom stereocenters. The molecular weight excluding hydrogens is 178 g/mol. The van der Waals surface area contributed by atoms with Crippen LogP contribution < -0.4 is 5.32 Å². The van der Waals surface area contributed by atoms with E-state index < -0.39 is 0 Å². The summed E-state index contributed by atoms with van der Waals surface area (Å²) in [7, 11) is 2.00. The molecule has 84 valence electrons. The number of ether oxygens (including phenoxy) is 1. The van der Waals surface area contributed by atoms with Crippen molar-refractivity contribution in [1.82, 2.24) is 5.32 Å². The number of aliphatic hydroxyl groups excluding tert-OH is 1. The number of rotatable bonds is 5. The van der Waals surface area contributed by atoms with Gasteiger partial charge in [0.2, 0.25) is 0 Å². The fourth-order valence-corrected chi connectivity index (χ4v) is 2.43. The normalized spacial score (nSPS) is 23.4. The molecule has 3 heteroatoms. The molecule has 1 rings (SSSR count). The Morgan fingerprint density at radius 2 is 2.07 bits per heavy atom. The van der Waals surface area contributed by atoms with Gasteiger partial charge in [-0.05, 0) is 38.1 Å². The second-order valence-corrected chi connectivity index (χ2v) is 4.12. The van der Waals surface area contributed by atoms with Gasteiger partial charge >= 0.3 is 0 Å². The van der Waals surface area contributed by atoms with E-state index in [1.165, 1.54) is 0 Å². The van der Waals surface area contributed by atoms with E-state index in [4.69, 9.17) is 4.74 Å². The lowest BCUT2D eigenvalue weighted by molar-refractivity contribution is 0.0382. The van der Waals surface area contributed by atoms with Crippen LogP contribution in [0.15, 0.2) is 0 Å². The summed E-state index contributed by atoms with van der Waals surface area (Å²) in [4.78, 5) is 0. The lowest BCUT2D eigenvalue weighted by Gasteiger charge is -2.34. The molecule has 0 amide bonds. The molecule has 0 aliphatic carbocycles. The highest BCUT2D eigenvalue weighted by Crippen LogP contribution is 2.24. The summed E-state index contributed by atoms with van der Waals surface area (Å²) in [6, 6.07) is 0.453. The monoisotopic (exact) mass is 201 g/mol. The fraction of sp³-hybridized carbons (Fsp3) is 1.00. The predicted molar refractivity (Wildman–Crippen MR) is 57.3 cm³/mol. The SMILES string of the molecule is CCC(CO)C(NC)C1CCOCC1. The smallest absolute Gasteiger partial charge is 0.0474 e. The summed E-state index contributed by atoms with van der Waals surface area (Å²) in [6.45, 7) is 4.19. The molecule has 14 heavy (non-hydrogen) atoms. The minimum Gasteiger partial charge on any atom is -0.396 e. The highest BCUT2D eigenvalue weighted by atomic mass is 16.5. The number of hydrogen-bond donors (Lipinski definition) is 2. The molecule has 2 unspecified atom stereocenters. The van der Waals surface area contributed by atoms with Crippen molar-refractivity contribution in [3.05, 3.63) is 0 Å². The van der Waals surface area contributed by atoms with Crippen LogP contribution in [0.5, 0.6) is 0 Å². The predicted octanol–water partition coefficient (Wildman–Crippen LogP) is 1.02. The third kappa shape index (κ3) is 2.94. The van der Waals surface area contributed by atoms with Crippen LogP contribution in [-0.4, -0.2) is 38.0 Å². The van der Waals surface area contributed by atoms with Crippen LogP contribution in [-0.2, 0) is 4.74 Å². The van der Waals surface area contributed by atoms with Gasteiger partial charge in [-0.1, -0.05) is 6.92 Å². The Hall–Kier alpha value is -0.120. The molecule has 2 N–H and O–H groups in total. The van der Waals surface area contributed by atoms with Gasteiger partial charge in [0.1, 0.15) is 0 Å². The van der Waals surface area contributed by atoms with Crippen molar-refractivity contribution in [2.75, 3.05) is 26.9 Å². The first-order valence-corrected chi connectivity index (χ1v) is 5.69. The van der Waals surface area contributed by atoms with Gasteiger partial charge in [0, 0.05) is 25.9 Å². The number of nitrogens with one attached hydrogen (secondary N) is 1. The zero-order chi connectivity index (χ0) is 10.4. The summed E-state index contributed by atoms with van der Waals surface area (Å²) >= 11 is 0. The van der Waals surface area contributed by atoms with E-state index in [9.17, 15) is 5.11 Å². The molecule has 0 aromatic rings. The van der Waals surface area contributed by atoms with Gasteiger partial charge in [0.15, 0.2) is 0 Å². The van der Waals surface area contributed by atoms with Crippen LogP contribution in [0.3, 0.4) is 0 Å². The van der Waals surface area contributed by atoms with E-state index in [1.54, 1.807) is 0 Å². The maximum absolute atomic E-state index is 9.29. The molecule has 1 saturated heterocycles. The molecule has 0 saturated carbocycles. The maximum atomic E-state index is 9.29. The van der Waals surface area contributed by atoms with Crippen LogP contribution in [0.1, 0.15) is 26.2 Å². The van der Waals surface area contributed by atoms with Gasteiger partial charge in [-0.15, -0.1) is 0 Å². The molecular formula is C11H23NO2. The molecule has 1 aliphatic heterocycles. The Morgan fingerprint density at radius 3 is 2.50 bits per heavy atom. The number of hydrogen-bond acceptors (Lipinski definition) is 3. The Balaban J connectivity index is 2.49. The van der Waals surface area contributed by atoms with Gasteiger partial charge < -0.3 is 15.2 Å². The molecule has 1 aliphatic rings. The van der Waals surface area contributed by atoms with Gasteiger partial charge in [-0.2, -0.15) is 0 Å². The summed E-state index contributed by atoms with van der Waals surface area (Å²) in [5.74, 6) is 1.06. The Labute approximate surface area is 86.8 Å². The second kappa shape index (κ2) is 6.38. The van der Waals surface area contributed by atoms with Crippen molar-refractivity contribution in [1.29, 1.82) is 0 Å². The molecule has 0 aromatic heterocycles. The van der Waals surface area contributed by atoms with Crippen molar-refractivity contribution >= 4 is 0 Å². The first-order chi connectivity index (χ1) is 6.83. The van der Waals surface area contributed by atoms with E-state index in [-0.39, 0.29) is 0 Å². The molecule has 0 radical (unpaired) electrons. The second-order valence-electron chi connectivity index (χ2n) is 4.12.